The molecular formula is C14H15F4N3O2. The number of imidazole rings is 1. The second-order valence-electron chi connectivity index (χ2n) is 4.98. The molecule has 0 spiro atoms. The maximum atomic E-state index is 12.6. The normalized spacial score (nSPS) is 13.5. The lowest BCUT2D eigenvalue weighted by Gasteiger charge is -2.16. The number of hydrogen-bond acceptors (Lipinski definition) is 3. The molecule has 1 aromatic heterocycles. The number of carbonyl (C=O) groups is 1. The fraction of sp³-hybridized carbons (Fsp3) is 0.429. The van der Waals surface area contributed by atoms with Crippen molar-refractivity contribution >= 4 is 16.9 Å². The predicted octanol–water partition coefficient (Wildman–Crippen LogP) is 2.66. The van der Waals surface area contributed by atoms with Gasteiger partial charge in [-0.25, -0.2) is 13.8 Å². The lowest BCUT2D eigenvalue weighted by atomic mass is 10.3. The number of alkyl halides is 4. The van der Waals surface area contributed by atoms with Gasteiger partial charge >= 0.3 is 12.3 Å². The third-order valence-electron chi connectivity index (χ3n) is 3.04. The average molecular weight is 333 g/mol. The molecule has 126 valence electrons. The van der Waals surface area contributed by atoms with E-state index in [4.69, 9.17) is 0 Å². The molecule has 2 rings (SSSR count). The van der Waals surface area contributed by atoms with Crippen LogP contribution in [-0.4, -0.2) is 41.4 Å². The molecule has 2 aromatic rings. The number of hydrogen-bond donors (Lipinski definition) is 2. The molecule has 5 nitrogen and oxygen atoms in total. The molecule has 0 bridgehead atoms. The van der Waals surface area contributed by atoms with Gasteiger partial charge in [0.25, 0.3) is 0 Å². The van der Waals surface area contributed by atoms with Crippen molar-refractivity contribution in [3.05, 3.63) is 30.1 Å². The Bertz CT molecular complexity index is 642. The molecular weight excluding hydrogens is 318 g/mol. The molecule has 0 aliphatic carbocycles. The second kappa shape index (κ2) is 6.95. The van der Waals surface area contributed by atoms with Gasteiger partial charge in [-0.3, -0.25) is 4.79 Å². The molecule has 0 aliphatic rings. The van der Waals surface area contributed by atoms with E-state index < -0.39 is 37.5 Å². The van der Waals surface area contributed by atoms with Gasteiger partial charge in [0.15, 0.2) is 0 Å². The Kier molecular flexibility index (Phi) is 5.19. The van der Waals surface area contributed by atoms with Crippen LogP contribution in [0.25, 0.3) is 11.0 Å². The van der Waals surface area contributed by atoms with E-state index in [0.717, 1.165) is 11.0 Å². The summed E-state index contributed by atoms with van der Waals surface area (Å²) in [5.74, 6) is -4.49. The Hall–Kier alpha value is -2.16. The van der Waals surface area contributed by atoms with Crippen LogP contribution in [0.1, 0.15) is 18.8 Å². The van der Waals surface area contributed by atoms with Crippen molar-refractivity contribution in [1.29, 1.82) is 0 Å². The van der Waals surface area contributed by atoms with Gasteiger partial charge < -0.3 is 15.0 Å². The van der Waals surface area contributed by atoms with Gasteiger partial charge in [-0.1, -0.05) is 12.1 Å². The monoisotopic (exact) mass is 333 g/mol. The van der Waals surface area contributed by atoms with Crippen molar-refractivity contribution in [1.82, 2.24) is 15.3 Å². The largest absolute Gasteiger partial charge is 0.365 e. The molecule has 23 heavy (non-hydrogen) atoms. The number of halogens is 4. The van der Waals surface area contributed by atoms with E-state index in [1.807, 2.05) is 18.2 Å². The number of para-hydroxylation sites is 2. The number of carbonyl (C=O) groups excluding carboxylic acids is 1. The number of fused-ring (bicyclic) bond motifs is 1. The summed E-state index contributed by atoms with van der Waals surface area (Å²) in [5.41, 5.74) is 1.51. The van der Waals surface area contributed by atoms with Crippen LogP contribution in [0.15, 0.2) is 24.3 Å². The third-order valence-corrected chi connectivity index (χ3v) is 3.04. The van der Waals surface area contributed by atoms with E-state index in [9.17, 15) is 22.4 Å². The quantitative estimate of drug-likeness (QED) is 0.766. The van der Waals surface area contributed by atoms with Gasteiger partial charge in [-0.05, 0) is 19.1 Å². The Labute approximate surface area is 129 Å². The van der Waals surface area contributed by atoms with Gasteiger partial charge in [0, 0.05) is 0 Å². The first-order valence-corrected chi connectivity index (χ1v) is 6.77. The number of H-pyrrole nitrogens is 1. The van der Waals surface area contributed by atoms with Gasteiger partial charge in [0.2, 0.25) is 5.91 Å². The van der Waals surface area contributed by atoms with E-state index in [0.29, 0.717) is 5.82 Å². The summed E-state index contributed by atoms with van der Waals surface area (Å²) in [6, 6.07) is 6.72. The second-order valence-corrected chi connectivity index (χ2v) is 4.98. The molecule has 1 aromatic carbocycles. The number of benzene rings is 1. The first-order valence-electron chi connectivity index (χ1n) is 6.77. The third kappa shape index (κ3) is 4.41. The molecule has 1 amide bonds. The average Bonchev–Trinajstić information content (AvgIpc) is 2.90. The van der Waals surface area contributed by atoms with Crippen LogP contribution >= 0.6 is 0 Å². The Balaban J connectivity index is 1.85. The molecule has 2 N–H and O–H groups in total. The van der Waals surface area contributed by atoms with Crippen LogP contribution in [0.4, 0.5) is 17.6 Å². The first-order chi connectivity index (χ1) is 10.8. The number of aromatic nitrogens is 2. The fourth-order valence-electron chi connectivity index (χ4n) is 1.87. The number of nitrogens with one attached hydrogen (secondary N) is 2. The minimum atomic E-state index is -4.27. The molecule has 0 fully saturated rings. The summed E-state index contributed by atoms with van der Waals surface area (Å²) in [6.45, 7) is -0.618. The summed E-state index contributed by atoms with van der Waals surface area (Å²) < 4.78 is 53.4. The van der Waals surface area contributed by atoms with E-state index in [2.05, 4.69) is 20.0 Å². The molecule has 0 saturated heterocycles. The lowest BCUT2D eigenvalue weighted by molar-refractivity contribution is -0.168. The Morgan fingerprint density at radius 2 is 2.09 bits per heavy atom. The van der Waals surface area contributed by atoms with E-state index >= 15 is 0 Å². The summed E-state index contributed by atoms with van der Waals surface area (Å²) in [6.07, 6.45) is -3.83. The Morgan fingerprint density at radius 3 is 2.74 bits per heavy atom. The van der Waals surface area contributed by atoms with Gasteiger partial charge in [-0.15, -0.1) is 0 Å². The first kappa shape index (κ1) is 17.2. The van der Waals surface area contributed by atoms with Crippen molar-refractivity contribution in [3.8, 4) is 0 Å². The van der Waals surface area contributed by atoms with Gasteiger partial charge in [-0.2, -0.15) is 8.78 Å². The van der Waals surface area contributed by atoms with Crippen molar-refractivity contribution < 1.29 is 27.1 Å². The van der Waals surface area contributed by atoms with Crippen LogP contribution in [-0.2, 0) is 9.53 Å². The van der Waals surface area contributed by atoms with Gasteiger partial charge in [0.05, 0.1) is 17.1 Å². The van der Waals surface area contributed by atoms with Crippen LogP contribution in [0, 0.1) is 0 Å². The van der Waals surface area contributed by atoms with Crippen molar-refractivity contribution in [3.63, 3.8) is 0 Å². The molecule has 0 saturated carbocycles. The van der Waals surface area contributed by atoms with Crippen LogP contribution < -0.4 is 5.32 Å². The number of rotatable bonds is 7. The zero-order chi connectivity index (χ0) is 17.0. The van der Waals surface area contributed by atoms with Crippen molar-refractivity contribution in [2.75, 3.05) is 13.2 Å². The SMILES string of the molecule is C[C@@H](NC(=O)COCC(F)(F)C(F)F)c1nc2ccccc2[nH]1. The zero-order valence-corrected chi connectivity index (χ0v) is 12.2. The highest BCUT2D eigenvalue weighted by Gasteiger charge is 2.41. The Morgan fingerprint density at radius 1 is 1.39 bits per heavy atom. The van der Waals surface area contributed by atoms with Crippen molar-refractivity contribution in [2.45, 2.75) is 25.3 Å². The van der Waals surface area contributed by atoms with Gasteiger partial charge in [0.1, 0.15) is 19.0 Å². The van der Waals surface area contributed by atoms with Crippen LogP contribution in [0.3, 0.4) is 0 Å². The summed E-state index contributed by atoms with van der Waals surface area (Å²) in [4.78, 5) is 18.9. The zero-order valence-electron chi connectivity index (χ0n) is 12.2. The fourth-order valence-corrected chi connectivity index (χ4v) is 1.87. The molecule has 0 aliphatic heterocycles. The molecule has 1 heterocycles. The number of amides is 1. The lowest BCUT2D eigenvalue weighted by Crippen LogP contribution is -2.36. The standard InChI is InChI=1S/C14H15F4N3O2/c1-8(12-20-9-4-2-3-5-10(9)21-12)19-11(22)6-23-7-14(17,18)13(15)16/h2-5,8,13H,6-7H2,1H3,(H,19,22)(H,20,21)/t8-/m1/s1. The molecule has 0 radical (unpaired) electrons. The van der Waals surface area contributed by atoms with E-state index in [1.54, 1.807) is 13.0 Å². The highest BCUT2D eigenvalue weighted by atomic mass is 19.3. The van der Waals surface area contributed by atoms with E-state index in [-0.39, 0.29) is 0 Å². The van der Waals surface area contributed by atoms with E-state index in [1.165, 1.54) is 0 Å². The predicted molar refractivity (Wildman–Crippen MR) is 74.4 cm³/mol. The number of aromatic amines is 1. The number of nitrogens with zero attached hydrogens (tertiary/aromatic N) is 1. The molecule has 1 atom stereocenters. The smallest absolute Gasteiger partial charge is 0.330 e. The van der Waals surface area contributed by atoms with Crippen molar-refractivity contribution in [2.24, 2.45) is 0 Å². The topological polar surface area (TPSA) is 67.0 Å². The van der Waals surface area contributed by atoms with Crippen LogP contribution in [0.2, 0.25) is 0 Å². The summed E-state index contributed by atoms with van der Waals surface area (Å²) in [5, 5.41) is 2.48. The maximum Gasteiger partial charge on any atom is 0.330 e. The molecule has 0 unspecified atom stereocenters. The summed E-state index contributed by atoms with van der Waals surface area (Å²) >= 11 is 0. The number of ether oxygens (including phenoxy) is 1. The molecule has 9 heteroatoms. The highest BCUT2D eigenvalue weighted by molar-refractivity contribution is 5.78. The highest BCUT2D eigenvalue weighted by Crippen LogP contribution is 2.22. The van der Waals surface area contributed by atoms with Crippen LogP contribution in [0.5, 0.6) is 0 Å². The summed E-state index contributed by atoms with van der Waals surface area (Å²) in [7, 11) is 0. The minimum absolute atomic E-state index is 0.484. The minimum Gasteiger partial charge on any atom is -0.365 e. The maximum absolute atomic E-state index is 12.6.